The maximum absolute atomic E-state index is 13.1. The number of rotatable bonds is 6. The van der Waals surface area contributed by atoms with Crippen molar-refractivity contribution < 1.29 is 23.8 Å². The van der Waals surface area contributed by atoms with Crippen LogP contribution in [-0.2, 0) is 11.3 Å². The fourth-order valence-corrected chi connectivity index (χ4v) is 3.50. The third-order valence-electron chi connectivity index (χ3n) is 5.06. The minimum Gasteiger partial charge on any atom is -0.497 e. The third kappa shape index (κ3) is 3.71. The molecule has 0 fully saturated rings. The molecule has 2 aromatic carbocycles. The lowest BCUT2D eigenvalue weighted by molar-refractivity contribution is -0.126. The fraction of sp³-hybridized carbons (Fsp3) is 0.261. The number of benzene rings is 2. The van der Waals surface area contributed by atoms with Crippen molar-refractivity contribution in [2.45, 2.75) is 32.1 Å². The lowest BCUT2D eigenvalue weighted by Crippen LogP contribution is -2.45. The van der Waals surface area contributed by atoms with E-state index in [0.29, 0.717) is 35.7 Å². The first-order valence-corrected chi connectivity index (χ1v) is 9.57. The zero-order chi connectivity index (χ0) is 20.4. The smallest absolute Gasteiger partial charge is 0.268 e. The van der Waals surface area contributed by atoms with E-state index in [1.807, 2.05) is 31.2 Å². The SMILES string of the molecule is CC[C@@H]1Oc2ccc([C@H](O)c3ccco3)cc2N(Cc2cccc(OC)c2)C1=O. The lowest BCUT2D eigenvalue weighted by atomic mass is 10.0. The standard InChI is InChI=1S/C23H23NO5/c1-3-19-23(26)24(14-15-6-4-7-17(12-15)27-2)18-13-16(9-10-20(18)29-19)22(25)21-8-5-11-28-21/h4-13,19,22,25H,3,14H2,1-2H3/t19-,22-/m0/s1. The van der Waals surface area contributed by atoms with Crippen LogP contribution in [0.15, 0.2) is 65.3 Å². The Hall–Kier alpha value is -3.25. The van der Waals surface area contributed by atoms with Crippen molar-refractivity contribution in [2.75, 3.05) is 12.0 Å². The number of ether oxygens (including phenoxy) is 2. The number of hydrogen-bond acceptors (Lipinski definition) is 5. The van der Waals surface area contributed by atoms with Gasteiger partial charge in [-0.15, -0.1) is 0 Å². The first-order chi connectivity index (χ1) is 14.1. The average molecular weight is 393 g/mol. The molecule has 2 atom stereocenters. The van der Waals surface area contributed by atoms with Gasteiger partial charge in [-0.05, 0) is 53.9 Å². The van der Waals surface area contributed by atoms with Gasteiger partial charge in [-0.2, -0.15) is 0 Å². The maximum atomic E-state index is 13.1. The van der Waals surface area contributed by atoms with Gasteiger partial charge < -0.3 is 23.9 Å². The zero-order valence-electron chi connectivity index (χ0n) is 16.4. The molecule has 3 aromatic rings. The summed E-state index contributed by atoms with van der Waals surface area (Å²) in [5, 5.41) is 10.6. The van der Waals surface area contributed by atoms with Crippen molar-refractivity contribution in [1.29, 1.82) is 0 Å². The molecule has 6 nitrogen and oxygen atoms in total. The summed E-state index contributed by atoms with van der Waals surface area (Å²) < 4.78 is 16.5. The van der Waals surface area contributed by atoms with Gasteiger partial charge >= 0.3 is 0 Å². The molecule has 0 bridgehead atoms. The van der Waals surface area contributed by atoms with Gasteiger partial charge in [0, 0.05) is 0 Å². The first-order valence-electron chi connectivity index (χ1n) is 9.57. The summed E-state index contributed by atoms with van der Waals surface area (Å²) in [7, 11) is 1.61. The number of furan rings is 1. The molecule has 0 radical (unpaired) electrons. The van der Waals surface area contributed by atoms with Crippen molar-refractivity contribution >= 4 is 11.6 Å². The van der Waals surface area contributed by atoms with Gasteiger partial charge in [0.1, 0.15) is 23.4 Å². The first kappa shape index (κ1) is 19.1. The van der Waals surface area contributed by atoms with Crippen LogP contribution in [0.5, 0.6) is 11.5 Å². The summed E-state index contributed by atoms with van der Waals surface area (Å²) >= 11 is 0. The zero-order valence-corrected chi connectivity index (χ0v) is 16.4. The Morgan fingerprint density at radius 3 is 2.76 bits per heavy atom. The van der Waals surface area contributed by atoms with Crippen LogP contribution in [0.2, 0.25) is 0 Å². The highest BCUT2D eigenvalue weighted by atomic mass is 16.5. The molecule has 1 aliphatic rings. The lowest BCUT2D eigenvalue weighted by Gasteiger charge is -2.34. The van der Waals surface area contributed by atoms with Crippen LogP contribution in [0, 0.1) is 0 Å². The van der Waals surface area contributed by atoms with E-state index >= 15 is 0 Å². The molecule has 1 aromatic heterocycles. The monoisotopic (exact) mass is 393 g/mol. The Kier molecular flexibility index (Phi) is 5.27. The van der Waals surface area contributed by atoms with Gasteiger partial charge in [-0.3, -0.25) is 4.79 Å². The number of methoxy groups -OCH3 is 1. The van der Waals surface area contributed by atoms with Gasteiger partial charge in [-0.25, -0.2) is 0 Å². The van der Waals surface area contributed by atoms with Crippen LogP contribution < -0.4 is 14.4 Å². The molecule has 29 heavy (non-hydrogen) atoms. The van der Waals surface area contributed by atoms with E-state index in [4.69, 9.17) is 13.9 Å². The normalized spacial score (nSPS) is 16.9. The number of nitrogens with zero attached hydrogens (tertiary/aromatic N) is 1. The fourth-order valence-electron chi connectivity index (χ4n) is 3.50. The van der Waals surface area contributed by atoms with Crippen LogP contribution in [0.25, 0.3) is 0 Å². The average Bonchev–Trinajstić information content (AvgIpc) is 3.29. The van der Waals surface area contributed by atoms with Crippen molar-refractivity contribution in [3.8, 4) is 11.5 Å². The highest BCUT2D eigenvalue weighted by molar-refractivity contribution is 6.00. The number of carbonyl (C=O) groups is 1. The van der Waals surface area contributed by atoms with Crippen molar-refractivity contribution in [1.82, 2.24) is 0 Å². The molecule has 0 spiro atoms. The van der Waals surface area contributed by atoms with E-state index in [0.717, 1.165) is 11.3 Å². The Bertz CT molecular complexity index is 998. The minimum atomic E-state index is -0.923. The molecule has 6 heteroatoms. The summed E-state index contributed by atoms with van der Waals surface area (Å²) in [6.45, 7) is 2.30. The van der Waals surface area contributed by atoms with E-state index in [1.165, 1.54) is 6.26 Å². The third-order valence-corrected chi connectivity index (χ3v) is 5.06. The summed E-state index contributed by atoms with van der Waals surface area (Å²) in [5.74, 6) is 1.69. The number of fused-ring (bicyclic) bond motifs is 1. The highest BCUT2D eigenvalue weighted by Gasteiger charge is 2.34. The number of amides is 1. The molecule has 1 amide bonds. The van der Waals surface area contributed by atoms with Crippen molar-refractivity contribution in [2.24, 2.45) is 0 Å². The van der Waals surface area contributed by atoms with Gasteiger partial charge in [0.15, 0.2) is 6.10 Å². The van der Waals surface area contributed by atoms with Gasteiger partial charge in [0.05, 0.1) is 25.6 Å². The van der Waals surface area contributed by atoms with Gasteiger partial charge in [0.25, 0.3) is 5.91 Å². The molecule has 150 valence electrons. The quantitative estimate of drug-likeness (QED) is 0.683. The largest absolute Gasteiger partial charge is 0.497 e. The molecule has 1 aliphatic heterocycles. The number of aliphatic hydroxyl groups is 1. The number of carbonyl (C=O) groups excluding carboxylic acids is 1. The molecule has 1 N–H and O–H groups in total. The van der Waals surface area contributed by atoms with Gasteiger partial charge in [-0.1, -0.05) is 25.1 Å². The molecular formula is C23H23NO5. The van der Waals surface area contributed by atoms with Crippen molar-refractivity contribution in [3.05, 3.63) is 77.7 Å². The summed E-state index contributed by atoms with van der Waals surface area (Å²) in [6, 6.07) is 16.4. The molecule has 0 aliphatic carbocycles. The Morgan fingerprint density at radius 2 is 2.03 bits per heavy atom. The van der Waals surface area contributed by atoms with Gasteiger partial charge in [0.2, 0.25) is 0 Å². The molecular weight excluding hydrogens is 370 g/mol. The Morgan fingerprint density at radius 1 is 1.17 bits per heavy atom. The summed E-state index contributed by atoms with van der Waals surface area (Å²) in [6.07, 6.45) is 0.635. The minimum absolute atomic E-state index is 0.104. The maximum Gasteiger partial charge on any atom is 0.268 e. The van der Waals surface area contributed by atoms with Crippen LogP contribution in [0.1, 0.15) is 36.3 Å². The summed E-state index contributed by atoms with van der Waals surface area (Å²) in [5.41, 5.74) is 2.20. The summed E-state index contributed by atoms with van der Waals surface area (Å²) in [4.78, 5) is 14.8. The van der Waals surface area contributed by atoms with E-state index < -0.39 is 12.2 Å². The predicted molar refractivity (Wildman–Crippen MR) is 108 cm³/mol. The Balaban J connectivity index is 1.72. The second-order valence-electron chi connectivity index (χ2n) is 6.94. The molecule has 0 saturated heterocycles. The number of hydrogen-bond donors (Lipinski definition) is 1. The van der Waals surface area contributed by atoms with E-state index in [9.17, 15) is 9.90 Å². The number of anilines is 1. The van der Waals surface area contributed by atoms with Crippen molar-refractivity contribution in [3.63, 3.8) is 0 Å². The van der Waals surface area contributed by atoms with Crippen LogP contribution >= 0.6 is 0 Å². The Labute approximate surface area is 169 Å². The number of aliphatic hydroxyl groups excluding tert-OH is 1. The molecule has 2 heterocycles. The van der Waals surface area contributed by atoms with Crippen LogP contribution in [0.3, 0.4) is 0 Å². The second kappa shape index (κ2) is 8.01. The topological polar surface area (TPSA) is 72.1 Å². The van der Waals surface area contributed by atoms with E-state index in [2.05, 4.69) is 0 Å². The van der Waals surface area contributed by atoms with Crippen LogP contribution in [0.4, 0.5) is 5.69 Å². The van der Waals surface area contributed by atoms with E-state index in [-0.39, 0.29) is 5.91 Å². The van der Waals surface area contributed by atoms with E-state index in [1.54, 1.807) is 42.3 Å². The molecule has 0 saturated carbocycles. The highest BCUT2D eigenvalue weighted by Crippen LogP contribution is 2.39. The molecule has 0 unspecified atom stereocenters. The van der Waals surface area contributed by atoms with Crippen LogP contribution in [-0.4, -0.2) is 24.2 Å². The molecule has 4 rings (SSSR count). The second-order valence-corrected chi connectivity index (χ2v) is 6.94. The predicted octanol–water partition coefficient (Wildman–Crippen LogP) is 4.07.